The van der Waals surface area contributed by atoms with E-state index in [2.05, 4.69) is 22.2 Å². The van der Waals surface area contributed by atoms with Gasteiger partial charge in [0.1, 0.15) is 15.6 Å². The summed E-state index contributed by atoms with van der Waals surface area (Å²) in [5.74, 6) is 1.21. The fraction of sp³-hybridized carbons (Fsp3) is 0.533. The minimum absolute atomic E-state index is 0.195. The van der Waals surface area contributed by atoms with E-state index in [1.807, 2.05) is 6.92 Å². The van der Waals surface area contributed by atoms with Crippen molar-refractivity contribution in [2.24, 2.45) is 0 Å². The summed E-state index contributed by atoms with van der Waals surface area (Å²) < 4.78 is 16.4. The lowest BCUT2D eigenvalue weighted by atomic mass is 10.3. The van der Waals surface area contributed by atoms with Crippen LogP contribution < -0.4 is 5.32 Å². The van der Waals surface area contributed by atoms with Crippen molar-refractivity contribution in [3.05, 3.63) is 33.4 Å². The molecule has 1 aliphatic rings. The number of oxazole rings is 1. The standard InChI is InChI=1S/C15H19N3O4S/c1-3-4-12-18-9(2)10(22-12)7-16-13(19)11-8-17-14(23-11)15-20-5-6-21-15/h8,15H,3-7H2,1-2H3,(H,16,19). The Bertz CT molecular complexity index is 676. The monoisotopic (exact) mass is 337 g/mol. The number of hydrogen-bond acceptors (Lipinski definition) is 7. The third kappa shape index (κ3) is 3.77. The van der Waals surface area contributed by atoms with Gasteiger partial charge in [0, 0.05) is 6.42 Å². The molecule has 3 heterocycles. The van der Waals surface area contributed by atoms with Crippen LogP contribution in [-0.4, -0.2) is 29.1 Å². The molecule has 3 rings (SSSR count). The molecule has 0 atom stereocenters. The van der Waals surface area contributed by atoms with Gasteiger partial charge in [0.25, 0.3) is 5.91 Å². The third-order valence-electron chi connectivity index (χ3n) is 3.38. The SMILES string of the molecule is CCCc1nc(C)c(CNC(=O)c2cnc(C3OCCO3)s2)o1. The Morgan fingerprint density at radius 2 is 2.22 bits per heavy atom. The van der Waals surface area contributed by atoms with E-state index in [-0.39, 0.29) is 5.91 Å². The summed E-state index contributed by atoms with van der Waals surface area (Å²) in [5.41, 5.74) is 0.812. The normalized spacial score (nSPS) is 15.2. The number of carbonyl (C=O) groups excluding carboxylic acids is 1. The van der Waals surface area contributed by atoms with Gasteiger partial charge in [-0.05, 0) is 13.3 Å². The van der Waals surface area contributed by atoms with Crippen LogP contribution in [0.25, 0.3) is 0 Å². The molecule has 1 saturated heterocycles. The molecule has 0 aromatic carbocycles. The van der Waals surface area contributed by atoms with Crippen LogP contribution in [0.5, 0.6) is 0 Å². The summed E-state index contributed by atoms with van der Waals surface area (Å²) in [5, 5.41) is 3.49. The van der Waals surface area contributed by atoms with Gasteiger partial charge in [-0.1, -0.05) is 6.92 Å². The lowest BCUT2D eigenvalue weighted by molar-refractivity contribution is -0.0442. The molecule has 0 bridgehead atoms. The van der Waals surface area contributed by atoms with Gasteiger partial charge in [-0.15, -0.1) is 11.3 Å². The molecule has 1 amide bonds. The Morgan fingerprint density at radius 3 is 2.96 bits per heavy atom. The van der Waals surface area contributed by atoms with Crippen LogP contribution in [0.4, 0.5) is 0 Å². The maximum atomic E-state index is 12.2. The zero-order valence-electron chi connectivity index (χ0n) is 13.1. The molecule has 0 saturated carbocycles. The van der Waals surface area contributed by atoms with E-state index in [1.54, 1.807) is 0 Å². The number of nitrogens with one attached hydrogen (secondary N) is 1. The van der Waals surface area contributed by atoms with Crippen molar-refractivity contribution in [2.75, 3.05) is 13.2 Å². The predicted octanol–water partition coefficient (Wildman–Crippen LogP) is 2.37. The molecule has 124 valence electrons. The number of nitrogens with zero attached hydrogens (tertiary/aromatic N) is 2. The predicted molar refractivity (Wildman–Crippen MR) is 83.2 cm³/mol. The summed E-state index contributed by atoms with van der Waals surface area (Å²) in [6, 6.07) is 0. The fourth-order valence-electron chi connectivity index (χ4n) is 2.22. The molecule has 23 heavy (non-hydrogen) atoms. The second-order valence-electron chi connectivity index (χ2n) is 5.19. The van der Waals surface area contributed by atoms with E-state index in [0.29, 0.717) is 41.3 Å². The number of hydrogen-bond donors (Lipinski definition) is 1. The molecular weight excluding hydrogens is 318 g/mol. The topological polar surface area (TPSA) is 86.5 Å². The highest BCUT2D eigenvalue weighted by Gasteiger charge is 2.23. The summed E-state index contributed by atoms with van der Waals surface area (Å²) in [7, 11) is 0. The lowest BCUT2D eigenvalue weighted by Crippen LogP contribution is -2.21. The summed E-state index contributed by atoms with van der Waals surface area (Å²) in [4.78, 5) is 21.3. The van der Waals surface area contributed by atoms with Gasteiger partial charge in [0.15, 0.2) is 5.89 Å². The van der Waals surface area contributed by atoms with Crippen molar-refractivity contribution < 1.29 is 18.7 Å². The van der Waals surface area contributed by atoms with E-state index in [0.717, 1.165) is 18.5 Å². The second-order valence-corrected chi connectivity index (χ2v) is 6.25. The first-order chi connectivity index (χ1) is 11.2. The summed E-state index contributed by atoms with van der Waals surface area (Å²) in [6.07, 6.45) is 2.86. The van der Waals surface area contributed by atoms with Gasteiger partial charge >= 0.3 is 0 Å². The van der Waals surface area contributed by atoms with E-state index in [9.17, 15) is 4.79 Å². The Labute approximate surface area is 138 Å². The van der Waals surface area contributed by atoms with Crippen molar-refractivity contribution in [1.29, 1.82) is 0 Å². The Balaban J connectivity index is 1.59. The number of amides is 1. The first-order valence-corrected chi connectivity index (χ1v) is 8.41. The van der Waals surface area contributed by atoms with E-state index in [4.69, 9.17) is 13.9 Å². The van der Waals surface area contributed by atoms with Crippen LogP contribution in [0.2, 0.25) is 0 Å². The highest BCUT2D eigenvalue weighted by atomic mass is 32.1. The summed E-state index contributed by atoms with van der Waals surface area (Å²) >= 11 is 1.27. The minimum atomic E-state index is -0.449. The van der Waals surface area contributed by atoms with Gasteiger partial charge in [-0.3, -0.25) is 4.79 Å². The largest absolute Gasteiger partial charge is 0.444 e. The number of aromatic nitrogens is 2. The van der Waals surface area contributed by atoms with Crippen LogP contribution in [-0.2, 0) is 22.4 Å². The minimum Gasteiger partial charge on any atom is -0.444 e. The molecule has 0 spiro atoms. The van der Waals surface area contributed by atoms with Crippen LogP contribution in [0, 0.1) is 6.92 Å². The molecule has 7 nitrogen and oxygen atoms in total. The number of carbonyl (C=O) groups is 1. The van der Waals surface area contributed by atoms with E-state index < -0.39 is 6.29 Å². The quantitative estimate of drug-likeness (QED) is 0.871. The molecule has 0 aliphatic carbocycles. The second kappa shape index (κ2) is 7.20. The zero-order chi connectivity index (χ0) is 16.2. The molecular formula is C15H19N3O4S. The maximum Gasteiger partial charge on any atom is 0.263 e. The van der Waals surface area contributed by atoms with Gasteiger partial charge in [-0.25, -0.2) is 9.97 Å². The number of aryl methyl sites for hydroxylation is 2. The number of ether oxygens (including phenoxy) is 2. The number of thiazole rings is 1. The average molecular weight is 337 g/mol. The molecule has 2 aromatic heterocycles. The Morgan fingerprint density at radius 1 is 1.43 bits per heavy atom. The van der Waals surface area contributed by atoms with Crippen LogP contribution in [0.3, 0.4) is 0 Å². The molecule has 1 aliphatic heterocycles. The van der Waals surface area contributed by atoms with Gasteiger partial charge < -0.3 is 19.2 Å². The van der Waals surface area contributed by atoms with Crippen LogP contribution in [0.15, 0.2) is 10.6 Å². The van der Waals surface area contributed by atoms with E-state index in [1.165, 1.54) is 17.5 Å². The highest BCUT2D eigenvalue weighted by Crippen LogP contribution is 2.27. The van der Waals surface area contributed by atoms with Crippen molar-refractivity contribution in [3.63, 3.8) is 0 Å². The smallest absolute Gasteiger partial charge is 0.263 e. The van der Waals surface area contributed by atoms with Crippen molar-refractivity contribution in [1.82, 2.24) is 15.3 Å². The van der Waals surface area contributed by atoms with Gasteiger partial charge in [0.2, 0.25) is 6.29 Å². The summed E-state index contributed by atoms with van der Waals surface area (Å²) in [6.45, 7) is 5.36. The van der Waals surface area contributed by atoms with Gasteiger partial charge in [0.05, 0.1) is 31.6 Å². The van der Waals surface area contributed by atoms with Crippen LogP contribution >= 0.6 is 11.3 Å². The number of rotatable bonds is 6. The third-order valence-corrected chi connectivity index (χ3v) is 4.40. The first-order valence-electron chi connectivity index (χ1n) is 7.59. The molecule has 8 heteroatoms. The van der Waals surface area contributed by atoms with Crippen molar-refractivity contribution >= 4 is 17.2 Å². The molecule has 0 unspecified atom stereocenters. The molecule has 1 N–H and O–H groups in total. The molecule has 0 radical (unpaired) electrons. The Hall–Kier alpha value is -1.77. The first kappa shape index (κ1) is 16.1. The lowest BCUT2D eigenvalue weighted by Gasteiger charge is -2.03. The Kier molecular flexibility index (Phi) is 5.04. The van der Waals surface area contributed by atoms with Crippen LogP contribution in [0.1, 0.15) is 51.7 Å². The van der Waals surface area contributed by atoms with Crippen molar-refractivity contribution in [3.8, 4) is 0 Å². The van der Waals surface area contributed by atoms with Crippen molar-refractivity contribution in [2.45, 2.75) is 39.5 Å². The molecule has 1 fully saturated rings. The van der Waals surface area contributed by atoms with Gasteiger partial charge in [-0.2, -0.15) is 0 Å². The fourth-order valence-corrected chi connectivity index (χ4v) is 3.06. The maximum absolute atomic E-state index is 12.2. The zero-order valence-corrected chi connectivity index (χ0v) is 13.9. The highest BCUT2D eigenvalue weighted by molar-refractivity contribution is 7.13. The molecule has 2 aromatic rings. The van der Waals surface area contributed by atoms with E-state index >= 15 is 0 Å². The average Bonchev–Trinajstić information content (AvgIpc) is 3.26.